The van der Waals surface area contributed by atoms with Gasteiger partial charge in [-0.1, -0.05) is 36.4 Å². The zero-order valence-corrected chi connectivity index (χ0v) is 18.5. The molecule has 0 saturated heterocycles. The molecule has 0 amide bonds. The molecule has 148 valence electrons. The second kappa shape index (κ2) is 11.8. The molecule has 2 aromatic rings. The van der Waals surface area contributed by atoms with Gasteiger partial charge in [0.15, 0.2) is 5.96 Å². The third-order valence-electron chi connectivity index (χ3n) is 4.21. The summed E-state index contributed by atoms with van der Waals surface area (Å²) in [5.41, 5.74) is 1.70. The molecule has 2 N–H and O–H groups in total. The fourth-order valence-electron chi connectivity index (χ4n) is 2.75. The van der Waals surface area contributed by atoms with Gasteiger partial charge in [0.2, 0.25) is 0 Å². The van der Waals surface area contributed by atoms with Crippen molar-refractivity contribution >= 4 is 29.9 Å². The first-order valence-electron chi connectivity index (χ1n) is 8.54. The molecule has 0 spiro atoms. The van der Waals surface area contributed by atoms with Crippen LogP contribution in [0.25, 0.3) is 0 Å². The third-order valence-corrected chi connectivity index (χ3v) is 4.21. The Bertz CT molecular complexity index is 739. The summed E-state index contributed by atoms with van der Waals surface area (Å²) in [6, 6.07) is 14.8. The number of guanidine groups is 1. The monoisotopic (exact) mass is 486 g/mol. The molecule has 5 nitrogen and oxygen atoms in total. The molecular formula is C20H28FIN4O. The molecule has 0 aliphatic rings. The van der Waals surface area contributed by atoms with E-state index in [9.17, 15) is 4.39 Å². The van der Waals surface area contributed by atoms with E-state index in [1.807, 2.05) is 38.4 Å². The minimum Gasteiger partial charge on any atom is -0.496 e. The summed E-state index contributed by atoms with van der Waals surface area (Å²) < 4.78 is 19.2. The summed E-state index contributed by atoms with van der Waals surface area (Å²) >= 11 is 0. The van der Waals surface area contributed by atoms with Crippen molar-refractivity contribution in [2.45, 2.75) is 12.6 Å². The molecule has 0 heterocycles. The Kier molecular flexibility index (Phi) is 10.1. The van der Waals surface area contributed by atoms with E-state index >= 15 is 0 Å². The van der Waals surface area contributed by atoms with E-state index in [4.69, 9.17) is 4.74 Å². The van der Waals surface area contributed by atoms with Gasteiger partial charge in [-0.25, -0.2) is 4.39 Å². The van der Waals surface area contributed by atoms with Crippen molar-refractivity contribution in [1.29, 1.82) is 0 Å². The Morgan fingerprint density at radius 2 is 1.78 bits per heavy atom. The molecule has 0 bridgehead atoms. The van der Waals surface area contributed by atoms with Crippen LogP contribution in [0.2, 0.25) is 0 Å². The van der Waals surface area contributed by atoms with Crippen molar-refractivity contribution in [2.75, 3.05) is 34.8 Å². The number of nitrogens with one attached hydrogen (secondary N) is 2. The molecule has 0 aliphatic carbocycles. The standard InChI is InChI=1S/C20H27FN4O.HI/c1-22-20(23-13-15-9-5-7-11-17(15)21)24-14-18(25(2)3)16-10-6-8-12-19(16)26-4;/h5-12,18H,13-14H2,1-4H3,(H2,22,23,24);1H. The third kappa shape index (κ3) is 6.66. The molecule has 0 fully saturated rings. The van der Waals surface area contributed by atoms with E-state index in [0.29, 0.717) is 24.6 Å². The maximum Gasteiger partial charge on any atom is 0.191 e. The average Bonchev–Trinajstić information content (AvgIpc) is 2.65. The van der Waals surface area contributed by atoms with Crippen LogP contribution in [0.5, 0.6) is 5.75 Å². The van der Waals surface area contributed by atoms with Gasteiger partial charge >= 0.3 is 0 Å². The molecule has 2 aromatic carbocycles. The quantitative estimate of drug-likeness (QED) is 0.358. The summed E-state index contributed by atoms with van der Waals surface area (Å²) in [4.78, 5) is 6.34. The summed E-state index contributed by atoms with van der Waals surface area (Å²) in [6.07, 6.45) is 0. The van der Waals surface area contributed by atoms with E-state index in [-0.39, 0.29) is 35.8 Å². The van der Waals surface area contributed by atoms with Crippen LogP contribution >= 0.6 is 24.0 Å². The minimum absolute atomic E-state index is 0. The number of likely N-dealkylation sites (N-methyl/N-ethyl adjacent to an activating group) is 1. The van der Waals surface area contributed by atoms with E-state index in [0.717, 1.165) is 11.3 Å². The van der Waals surface area contributed by atoms with Crippen LogP contribution < -0.4 is 15.4 Å². The Hall–Kier alpha value is -1.87. The van der Waals surface area contributed by atoms with Crippen molar-refractivity contribution in [3.63, 3.8) is 0 Å². The van der Waals surface area contributed by atoms with E-state index in [1.165, 1.54) is 6.07 Å². The number of aliphatic imine (C=N–C) groups is 1. The van der Waals surface area contributed by atoms with Gasteiger partial charge in [0, 0.05) is 31.3 Å². The van der Waals surface area contributed by atoms with Crippen molar-refractivity contribution in [2.24, 2.45) is 4.99 Å². The molecule has 0 aromatic heterocycles. The molecule has 27 heavy (non-hydrogen) atoms. The van der Waals surface area contributed by atoms with Gasteiger partial charge in [0.05, 0.1) is 13.2 Å². The number of halogens is 2. The van der Waals surface area contributed by atoms with Gasteiger partial charge in [-0.05, 0) is 26.2 Å². The first-order chi connectivity index (χ1) is 12.6. The van der Waals surface area contributed by atoms with Gasteiger partial charge in [-0.2, -0.15) is 0 Å². The molecule has 1 unspecified atom stereocenters. The second-order valence-electron chi connectivity index (χ2n) is 6.12. The number of para-hydroxylation sites is 1. The lowest BCUT2D eigenvalue weighted by atomic mass is 10.0. The van der Waals surface area contributed by atoms with Crippen LogP contribution in [-0.4, -0.2) is 45.7 Å². The fourth-order valence-corrected chi connectivity index (χ4v) is 2.75. The first-order valence-corrected chi connectivity index (χ1v) is 8.54. The van der Waals surface area contributed by atoms with Gasteiger partial charge in [-0.15, -0.1) is 24.0 Å². The SMILES string of the molecule is CN=C(NCc1ccccc1F)NCC(c1ccccc1OC)N(C)C.I. The van der Waals surface area contributed by atoms with Crippen molar-refractivity contribution in [3.05, 3.63) is 65.5 Å². The Labute approximate surface area is 178 Å². The summed E-state index contributed by atoms with van der Waals surface area (Å²) in [5, 5.41) is 6.46. The molecule has 1 atom stereocenters. The molecule has 0 aliphatic heterocycles. The number of hydrogen-bond acceptors (Lipinski definition) is 3. The fraction of sp³-hybridized carbons (Fsp3) is 0.350. The van der Waals surface area contributed by atoms with Crippen molar-refractivity contribution < 1.29 is 9.13 Å². The van der Waals surface area contributed by atoms with Crippen LogP contribution in [0.4, 0.5) is 4.39 Å². The predicted octanol–water partition coefficient (Wildman–Crippen LogP) is 3.42. The lowest BCUT2D eigenvalue weighted by Gasteiger charge is -2.27. The summed E-state index contributed by atoms with van der Waals surface area (Å²) in [6.45, 7) is 0.998. The molecule has 2 rings (SSSR count). The minimum atomic E-state index is -0.226. The van der Waals surface area contributed by atoms with Gasteiger partial charge in [0.25, 0.3) is 0 Å². The highest BCUT2D eigenvalue weighted by Gasteiger charge is 2.18. The number of ether oxygens (including phenoxy) is 1. The summed E-state index contributed by atoms with van der Waals surface area (Å²) in [5.74, 6) is 1.24. The van der Waals surface area contributed by atoms with Crippen LogP contribution in [0.3, 0.4) is 0 Å². The number of rotatable bonds is 7. The number of benzene rings is 2. The van der Waals surface area contributed by atoms with Crippen LogP contribution in [-0.2, 0) is 6.54 Å². The van der Waals surface area contributed by atoms with Crippen LogP contribution in [0.15, 0.2) is 53.5 Å². The molecule has 7 heteroatoms. The zero-order chi connectivity index (χ0) is 18.9. The summed E-state index contributed by atoms with van der Waals surface area (Å²) in [7, 11) is 7.42. The highest BCUT2D eigenvalue weighted by atomic mass is 127. The van der Waals surface area contributed by atoms with Gasteiger partial charge < -0.3 is 20.3 Å². The number of methoxy groups -OCH3 is 1. The Morgan fingerprint density at radius 1 is 1.11 bits per heavy atom. The van der Waals surface area contributed by atoms with Gasteiger partial charge in [0.1, 0.15) is 11.6 Å². The highest BCUT2D eigenvalue weighted by molar-refractivity contribution is 14.0. The normalized spacial score (nSPS) is 12.3. The first kappa shape index (κ1) is 23.2. The highest BCUT2D eigenvalue weighted by Crippen LogP contribution is 2.27. The smallest absolute Gasteiger partial charge is 0.191 e. The van der Waals surface area contributed by atoms with Crippen molar-refractivity contribution in [3.8, 4) is 5.75 Å². The number of nitrogens with zero attached hydrogens (tertiary/aromatic N) is 2. The lowest BCUT2D eigenvalue weighted by molar-refractivity contribution is 0.287. The molecule has 0 saturated carbocycles. The zero-order valence-electron chi connectivity index (χ0n) is 16.2. The van der Waals surface area contributed by atoms with Crippen LogP contribution in [0, 0.1) is 5.82 Å². The predicted molar refractivity (Wildman–Crippen MR) is 119 cm³/mol. The maximum absolute atomic E-state index is 13.7. The van der Waals surface area contributed by atoms with Crippen molar-refractivity contribution in [1.82, 2.24) is 15.5 Å². The second-order valence-corrected chi connectivity index (χ2v) is 6.12. The van der Waals surface area contributed by atoms with Crippen LogP contribution in [0.1, 0.15) is 17.2 Å². The number of hydrogen-bond donors (Lipinski definition) is 2. The average molecular weight is 486 g/mol. The van der Waals surface area contributed by atoms with Gasteiger partial charge in [-0.3, -0.25) is 4.99 Å². The largest absolute Gasteiger partial charge is 0.496 e. The van der Waals surface area contributed by atoms with E-state index < -0.39 is 0 Å². The maximum atomic E-state index is 13.7. The Balaban J connectivity index is 0.00000364. The molecule has 0 radical (unpaired) electrons. The van der Waals surface area contributed by atoms with E-state index in [1.54, 1.807) is 26.3 Å². The lowest BCUT2D eigenvalue weighted by Crippen LogP contribution is -2.41. The van der Waals surface area contributed by atoms with E-state index in [2.05, 4.69) is 26.6 Å². The molecular weight excluding hydrogens is 458 g/mol. The Morgan fingerprint density at radius 3 is 2.41 bits per heavy atom. The topological polar surface area (TPSA) is 48.9 Å².